The second kappa shape index (κ2) is 7.40. The fourth-order valence-electron chi connectivity index (χ4n) is 2.95. The van der Waals surface area contributed by atoms with Crippen LogP contribution in [0, 0.1) is 6.92 Å². The SMILES string of the molecule is Cc1nc2ccc(NC(=O)c3ccccc3C(=O)c3ccc(Br)cc3)cc2o1. The fourth-order valence-corrected chi connectivity index (χ4v) is 3.22. The van der Waals surface area contributed by atoms with Gasteiger partial charge in [-0.1, -0.05) is 34.1 Å². The van der Waals surface area contributed by atoms with Crippen LogP contribution < -0.4 is 5.32 Å². The second-order valence-electron chi connectivity index (χ2n) is 6.25. The van der Waals surface area contributed by atoms with E-state index < -0.39 is 0 Å². The molecule has 28 heavy (non-hydrogen) atoms. The number of hydrogen-bond acceptors (Lipinski definition) is 4. The first kappa shape index (κ1) is 18.1. The van der Waals surface area contributed by atoms with E-state index in [0.29, 0.717) is 33.9 Å². The monoisotopic (exact) mass is 434 g/mol. The molecule has 0 spiro atoms. The van der Waals surface area contributed by atoms with E-state index in [1.165, 1.54) is 0 Å². The summed E-state index contributed by atoms with van der Waals surface area (Å²) in [5.41, 5.74) is 3.06. The lowest BCUT2D eigenvalue weighted by Gasteiger charge is -2.10. The van der Waals surface area contributed by atoms with Crippen molar-refractivity contribution in [3.63, 3.8) is 0 Å². The van der Waals surface area contributed by atoms with Crippen molar-refractivity contribution in [2.45, 2.75) is 6.92 Å². The van der Waals surface area contributed by atoms with E-state index in [9.17, 15) is 9.59 Å². The molecular weight excluding hydrogens is 420 g/mol. The number of anilines is 1. The molecule has 138 valence electrons. The van der Waals surface area contributed by atoms with Crippen LogP contribution >= 0.6 is 15.9 Å². The highest BCUT2D eigenvalue weighted by molar-refractivity contribution is 9.10. The number of hydrogen-bond donors (Lipinski definition) is 1. The molecule has 0 aliphatic rings. The van der Waals surface area contributed by atoms with E-state index in [0.717, 1.165) is 9.99 Å². The van der Waals surface area contributed by atoms with Gasteiger partial charge < -0.3 is 9.73 Å². The zero-order valence-electron chi connectivity index (χ0n) is 14.9. The minimum absolute atomic E-state index is 0.209. The Morgan fingerprint density at radius 2 is 1.68 bits per heavy atom. The van der Waals surface area contributed by atoms with Gasteiger partial charge in [0.2, 0.25) is 0 Å². The molecule has 1 aromatic heterocycles. The Hall–Kier alpha value is -3.25. The number of nitrogens with zero attached hydrogens (tertiary/aromatic N) is 1. The molecule has 0 atom stereocenters. The minimum Gasteiger partial charge on any atom is -0.441 e. The average Bonchev–Trinajstić information content (AvgIpc) is 3.07. The van der Waals surface area contributed by atoms with Crippen molar-refractivity contribution in [1.29, 1.82) is 0 Å². The van der Waals surface area contributed by atoms with Gasteiger partial charge in [-0.05, 0) is 42.5 Å². The number of rotatable bonds is 4. The van der Waals surface area contributed by atoms with Crippen LogP contribution in [0.5, 0.6) is 0 Å². The zero-order chi connectivity index (χ0) is 19.7. The van der Waals surface area contributed by atoms with Crippen LogP contribution in [0.15, 0.2) is 75.6 Å². The van der Waals surface area contributed by atoms with Crippen molar-refractivity contribution < 1.29 is 14.0 Å². The number of amides is 1. The van der Waals surface area contributed by atoms with Crippen LogP contribution in [-0.2, 0) is 0 Å². The van der Waals surface area contributed by atoms with Crippen molar-refractivity contribution in [3.8, 4) is 0 Å². The van der Waals surface area contributed by atoms with Gasteiger partial charge >= 0.3 is 0 Å². The summed E-state index contributed by atoms with van der Waals surface area (Å²) < 4.78 is 6.39. The van der Waals surface area contributed by atoms with Crippen molar-refractivity contribution in [1.82, 2.24) is 4.98 Å². The summed E-state index contributed by atoms with van der Waals surface area (Å²) >= 11 is 3.36. The maximum absolute atomic E-state index is 12.9. The molecule has 0 fully saturated rings. The van der Waals surface area contributed by atoms with E-state index in [1.807, 2.05) is 0 Å². The van der Waals surface area contributed by atoms with E-state index in [2.05, 4.69) is 26.2 Å². The smallest absolute Gasteiger partial charge is 0.256 e. The van der Waals surface area contributed by atoms with Crippen molar-refractivity contribution >= 4 is 44.4 Å². The molecule has 1 heterocycles. The van der Waals surface area contributed by atoms with Gasteiger partial charge in [-0.15, -0.1) is 0 Å². The number of fused-ring (bicyclic) bond motifs is 1. The Morgan fingerprint density at radius 3 is 2.43 bits per heavy atom. The third-order valence-electron chi connectivity index (χ3n) is 4.28. The Labute approximate surface area is 169 Å². The molecule has 1 amide bonds. The molecule has 0 radical (unpaired) electrons. The maximum atomic E-state index is 12.9. The van der Waals surface area contributed by atoms with Gasteiger partial charge in [-0.25, -0.2) is 4.98 Å². The van der Waals surface area contributed by atoms with E-state index in [4.69, 9.17) is 4.42 Å². The minimum atomic E-state index is -0.364. The zero-order valence-corrected chi connectivity index (χ0v) is 16.5. The normalized spacial score (nSPS) is 10.8. The van der Waals surface area contributed by atoms with E-state index >= 15 is 0 Å². The van der Waals surface area contributed by atoms with Gasteiger partial charge in [0.1, 0.15) is 5.52 Å². The van der Waals surface area contributed by atoms with Crippen molar-refractivity contribution in [2.75, 3.05) is 5.32 Å². The third kappa shape index (κ3) is 3.59. The first-order valence-electron chi connectivity index (χ1n) is 8.59. The van der Waals surface area contributed by atoms with Gasteiger partial charge in [-0.2, -0.15) is 0 Å². The van der Waals surface area contributed by atoms with Gasteiger partial charge in [0.15, 0.2) is 17.3 Å². The molecule has 0 unspecified atom stereocenters. The van der Waals surface area contributed by atoms with Crippen LogP contribution in [0.25, 0.3) is 11.1 Å². The van der Waals surface area contributed by atoms with Crippen molar-refractivity contribution in [3.05, 3.63) is 93.8 Å². The Morgan fingerprint density at radius 1 is 0.964 bits per heavy atom. The molecule has 1 N–H and O–H groups in total. The summed E-state index contributed by atoms with van der Waals surface area (Å²) in [5, 5.41) is 2.83. The van der Waals surface area contributed by atoms with E-state index in [1.54, 1.807) is 73.7 Å². The number of carbonyl (C=O) groups excluding carboxylic acids is 2. The largest absolute Gasteiger partial charge is 0.441 e. The summed E-state index contributed by atoms with van der Waals surface area (Å²) in [5.74, 6) is -0.0138. The topological polar surface area (TPSA) is 72.2 Å². The van der Waals surface area contributed by atoms with Crippen LogP contribution in [0.4, 0.5) is 5.69 Å². The first-order chi connectivity index (χ1) is 13.5. The van der Waals surface area contributed by atoms with Gasteiger partial charge in [-0.3, -0.25) is 9.59 Å². The summed E-state index contributed by atoms with van der Waals surface area (Å²) in [7, 11) is 0. The highest BCUT2D eigenvalue weighted by Crippen LogP contribution is 2.22. The molecule has 0 aliphatic carbocycles. The second-order valence-corrected chi connectivity index (χ2v) is 7.17. The third-order valence-corrected chi connectivity index (χ3v) is 4.80. The summed E-state index contributed by atoms with van der Waals surface area (Å²) in [4.78, 5) is 30.0. The molecule has 4 rings (SSSR count). The molecule has 0 saturated heterocycles. The number of benzene rings is 3. The standard InChI is InChI=1S/C22H15BrN2O3/c1-13-24-19-11-10-16(12-20(19)28-13)25-22(27)18-5-3-2-4-17(18)21(26)14-6-8-15(23)9-7-14/h2-12H,1H3,(H,25,27). The lowest BCUT2D eigenvalue weighted by atomic mass is 9.98. The fraction of sp³-hybridized carbons (Fsp3) is 0.0455. The Kier molecular flexibility index (Phi) is 4.79. The van der Waals surface area contributed by atoms with Crippen molar-refractivity contribution in [2.24, 2.45) is 0 Å². The molecule has 5 nitrogen and oxygen atoms in total. The first-order valence-corrected chi connectivity index (χ1v) is 9.38. The van der Waals surface area contributed by atoms with Gasteiger partial charge in [0.05, 0.1) is 5.56 Å². The van der Waals surface area contributed by atoms with E-state index in [-0.39, 0.29) is 11.7 Å². The van der Waals surface area contributed by atoms with Gasteiger partial charge in [0, 0.05) is 34.3 Å². The average molecular weight is 435 g/mol. The predicted octanol–water partition coefficient (Wildman–Crippen LogP) is 5.38. The molecule has 0 bridgehead atoms. The molecular formula is C22H15BrN2O3. The number of ketones is 1. The van der Waals surface area contributed by atoms with Crippen LogP contribution in [-0.4, -0.2) is 16.7 Å². The number of aromatic nitrogens is 1. The maximum Gasteiger partial charge on any atom is 0.256 e. The molecule has 0 aliphatic heterocycles. The number of halogens is 1. The summed E-state index contributed by atoms with van der Waals surface area (Å²) in [6.45, 7) is 1.77. The lowest BCUT2D eigenvalue weighted by Crippen LogP contribution is -2.16. The number of nitrogens with one attached hydrogen (secondary N) is 1. The summed E-state index contributed by atoms with van der Waals surface area (Å²) in [6, 6.07) is 19.1. The van der Waals surface area contributed by atoms with Crippen LogP contribution in [0.2, 0.25) is 0 Å². The summed E-state index contributed by atoms with van der Waals surface area (Å²) in [6.07, 6.45) is 0. The lowest BCUT2D eigenvalue weighted by molar-refractivity contribution is 0.0996. The predicted molar refractivity (Wildman–Crippen MR) is 111 cm³/mol. The Balaban J connectivity index is 1.63. The molecule has 3 aromatic carbocycles. The highest BCUT2D eigenvalue weighted by Gasteiger charge is 2.18. The number of carbonyl (C=O) groups is 2. The molecule has 4 aromatic rings. The molecule has 0 saturated carbocycles. The number of oxazole rings is 1. The Bertz CT molecular complexity index is 1200. The quantitative estimate of drug-likeness (QED) is 0.437. The van der Waals surface area contributed by atoms with Crippen LogP contribution in [0.3, 0.4) is 0 Å². The molecule has 6 heteroatoms. The number of aryl methyl sites for hydroxylation is 1. The highest BCUT2D eigenvalue weighted by atomic mass is 79.9. The van der Waals surface area contributed by atoms with Gasteiger partial charge in [0.25, 0.3) is 5.91 Å². The van der Waals surface area contributed by atoms with Crippen LogP contribution in [0.1, 0.15) is 32.2 Å².